The molecule has 37 heavy (non-hydrogen) atoms. The van der Waals surface area contributed by atoms with Gasteiger partial charge in [-0.15, -0.1) is 0 Å². The number of carbonyl (C=O) groups excluding carboxylic acids is 1. The monoisotopic (exact) mass is 539 g/mol. The molecule has 0 spiro atoms. The first-order valence-electron chi connectivity index (χ1n) is 13.3. The van der Waals surface area contributed by atoms with Crippen LogP contribution in [-0.2, 0) is 6.42 Å². The summed E-state index contributed by atoms with van der Waals surface area (Å²) in [5, 5.41) is 9.14. The van der Waals surface area contributed by atoms with Crippen molar-refractivity contribution < 1.29 is 9.18 Å². The zero-order valence-electron chi connectivity index (χ0n) is 21.1. The van der Waals surface area contributed by atoms with Crippen LogP contribution in [0.4, 0.5) is 4.39 Å². The van der Waals surface area contributed by atoms with Gasteiger partial charge in [0.2, 0.25) is 0 Å². The largest absolute Gasteiger partial charge is 0.348 e. The van der Waals surface area contributed by atoms with Crippen LogP contribution in [0.3, 0.4) is 0 Å². The quantitative estimate of drug-likeness (QED) is 0.331. The van der Waals surface area contributed by atoms with Crippen LogP contribution in [0.1, 0.15) is 85.6 Å². The van der Waals surface area contributed by atoms with Crippen LogP contribution in [0.25, 0.3) is 17.3 Å². The highest BCUT2D eigenvalue weighted by Gasteiger charge is 2.30. The molecule has 0 aliphatic heterocycles. The first kappa shape index (κ1) is 26.0. The Morgan fingerprint density at radius 3 is 2.51 bits per heavy atom. The molecule has 2 aromatic carbocycles. The van der Waals surface area contributed by atoms with E-state index in [1.54, 1.807) is 28.9 Å². The van der Waals surface area contributed by atoms with Crippen LogP contribution >= 0.6 is 23.2 Å². The smallest absolute Gasteiger partial charge is 0.272 e. The summed E-state index contributed by atoms with van der Waals surface area (Å²) >= 11 is 12.8. The molecule has 1 aromatic heterocycles. The molecule has 0 bridgehead atoms. The molecular formula is C30H32Cl2FN3O. The summed E-state index contributed by atoms with van der Waals surface area (Å²) in [7, 11) is 0. The Hall–Kier alpha value is -2.63. The van der Waals surface area contributed by atoms with Gasteiger partial charge in [0.05, 0.1) is 16.4 Å². The van der Waals surface area contributed by atoms with Crippen molar-refractivity contribution in [2.24, 2.45) is 5.92 Å². The number of benzene rings is 2. The van der Waals surface area contributed by atoms with Crippen LogP contribution in [0.2, 0.25) is 10.0 Å². The van der Waals surface area contributed by atoms with Crippen LogP contribution < -0.4 is 5.32 Å². The lowest BCUT2D eigenvalue weighted by Gasteiger charge is -2.28. The third-order valence-electron chi connectivity index (χ3n) is 7.69. The molecule has 0 radical (unpaired) electrons. The predicted molar refractivity (Wildman–Crippen MR) is 149 cm³/mol. The summed E-state index contributed by atoms with van der Waals surface area (Å²) in [4.78, 5) is 13.7. The van der Waals surface area contributed by atoms with Gasteiger partial charge in [0.25, 0.3) is 5.91 Å². The van der Waals surface area contributed by atoms with Crippen molar-refractivity contribution in [3.05, 3.63) is 80.8 Å². The first-order chi connectivity index (χ1) is 17.9. The Bertz CT molecular complexity index is 1310. The minimum Gasteiger partial charge on any atom is -0.348 e. The predicted octanol–water partition coefficient (Wildman–Crippen LogP) is 8.28. The van der Waals surface area contributed by atoms with Gasteiger partial charge in [0, 0.05) is 16.6 Å². The standard InChI is InChI=1S/C30H32Cl2FN3O/c1-19(21-7-3-2-4-8-21)34-30(37)28-25-10-6-5-9-22(17-20-11-14-24(33)15-12-20)29(25)36(35-28)27-16-13-23(31)18-26(27)32/h11-19,21H,2-10H2,1H3,(H,34,37)/t19-/m1/s1. The van der Waals surface area contributed by atoms with Crippen molar-refractivity contribution in [1.82, 2.24) is 15.1 Å². The average molecular weight is 541 g/mol. The fourth-order valence-electron chi connectivity index (χ4n) is 5.69. The Kier molecular flexibility index (Phi) is 8.01. The van der Waals surface area contributed by atoms with Crippen molar-refractivity contribution in [2.45, 2.75) is 70.8 Å². The highest BCUT2D eigenvalue weighted by molar-refractivity contribution is 6.35. The van der Waals surface area contributed by atoms with Gasteiger partial charge >= 0.3 is 0 Å². The van der Waals surface area contributed by atoms with Crippen LogP contribution in [-0.4, -0.2) is 21.7 Å². The Balaban J connectivity index is 1.60. The molecule has 0 unspecified atom stereocenters. The molecule has 1 amide bonds. The Labute approximate surface area is 227 Å². The van der Waals surface area contributed by atoms with E-state index in [0.717, 1.165) is 60.9 Å². The van der Waals surface area contributed by atoms with E-state index in [1.165, 1.54) is 31.4 Å². The molecule has 1 fully saturated rings. The first-order valence-corrected chi connectivity index (χ1v) is 14.0. The van der Waals surface area contributed by atoms with Crippen molar-refractivity contribution >= 4 is 40.8 Å². The van der Waals surface area contributed by atoms with Gasteiger partial charge in [0.15, 0.2) is 5.69 Å². The van der Waals surface area contributed by atoms with E-state index >= 15 is 0 Å². The average Bonchev–Trinajstić information content (AvgIpc) is 3.14. The van der Waals surface area contributed by atoms with Crippen LogP contribution in [0.5, 0.6) is 0 Å². The van der Waals surface area contributed by atoms with Gasteiger partial charge in [-0.25, -0.2) is 9.07 Å². The Morgan fingerprint density at radius 1 is 1.05 bits per heavy atom. The van der Waals surface area contributed by atoms with E-state index in [9.17, 15) is 9.18 Å². The van der Waals surface area contributed by atoms with Crippen LogP contribution in [0, 0.1) is 11.7 Å². The van der Waals surface area contributed by atoms with E-state index in [4.69, 9.17) is 28.3 Å². The maximum Gasteiger partial charge on any atom is 0.272 e. The summed E-state index contributed by atoms with van der Waals surface area (Å²) in [6.45, 7) is 2.11. The molecule has 1 heterocycles. The SMILES string of the molecule is C[C@@H](NC(=O)c1nn(-c2ccc(Cl)cc2Cl)c2c1CCCCC2=Cc1ccc(F)cc1)C1CCCCC1. The molecule has 2 aliphatic carbocycles. The molecule has 4 nitrogen and oxygen atoms in total. The lowest BCUT2D eigenvalue weighted by molar-refractivity contribution is 0.0912. The summed E-state index contributed by atoms with van der Waals surface area (Å²) in [5.74, 6) is 0.0898. The second kappa shape index (κ2) is 11.4. The molecule has 5 rings (SSSR count). The maximum atomic E-state index is 13.7. The third kappa shape index (κ3) is 5.78. The van der Waals surface area contributed by atoms with E-state index in [-0.39, 0.29) is 17.8 Å². The number of allylic oxidation sites excluding steroid dienone is 1. The maximum absolute atomic E-state index is 13.7. The molecular weight excluding hydrogens is 508 g/mol. The van der Waals surface area contributed by atoms with Gasteiger partial charge in [-0.2, -0.15) is 5.10 Å². The molecule has 3 aromatic rings. The minimum atomic E-state index is -0.271. The number of amides is 1. The fraction of sp³-hybridized carbons (Fsp3) is 0.400. The molecule has 7 heteroatoms. The molecule has 2 aliphatic rings. The van der Waals surface area contributed by atoms with Gasteiger partial charge in [-0.3, -0.25) is 4.79 Å². The topological polar surface area (TPSA) is 46.9 Å². The summed E-state index contributed by atoms with van der Waals surface area (Å²) in [6.07, 6.45) is 11.6. The van der Waals surface area contributed by atoms with E-state index in [2.05, 4.69) is 18.3 Å². The van der Waals surface area contributed by atoms with Crippen molar-refractivity contribution in [3.8, 4) is 5.69 Å². The number of hydrogen-bond donors (Lipinski definition) is 1. The number of rotatable bonds is 5. The second-order valence-electron chi connectivity index (χ2n) is 10.3. The van der Waals surface area contributed by atoms with Crippen LogP contribution in [0.15, 0.2) is 42.5 Å². The molecule has 1 N–H and O–H groups in total. The van der Waals surface area contributed by atoms with Gasteiger partial charge < -0.3 is 5.32 Å². The zero-order chi connectivity index (χ0) is 25.9. The summed E-state index contributed by atoms with van der Waals surface area (Å²) in [5.41, 5.74) is 4.91. The summed E-state index contributed by atoms with van der Waals surface area (Å²) < 4.78 is 15.4. The number of fused-ring (bicyclic) bond motifs is 1. The summed E-state index contributed by atoms with van der Waals surface area (Å²) in [6, 6.07) is 11.9. The number of nitrogens with zero attached hydrogens (tertiary/aromatic N) is 2. The number of aromatic nitrogens is 2. The van der Waals surface area contributed by atoms with Crippen molar-refractivity contribution in [3.63, 3.8) is 0 Å². The number of hydrogen-bond acceptors (Lipinski definition) is 2. The van der Waals surface area contributed by atoms with Crippen molar-refractivity contribution in [2.75, 3.05) is 0 Å². The van der Waals surface area contributed by atoms with Crippen molar-refractivity contribution in [1.29, 1.82) is 0 Å². The normalized spacial score (nSPS) is 18.3. The lowest BCUT2D eigenvalue weighted by atomic mass is 9.84. The molecule has 194 valence electrons. The van der Waals surface area contributed by atoms with Gasteiger partial charge in [0.1, 0.15) is 5.82 Å². The highest BCUT2D eigenvalue weighted by Crippen LogP contribution is 2.37. The van der Waals surface area contributed by atoms with Gasteiger partial charge in [-0.05, 0) is 98.9 Å². The number of carbonyl (C=O) groups is 1. The fourth-order valence-corrected chi connectivity index (χ4v) is 6.18. The minimum absolute atomic E-state index is 0.0905. The third-order valence-corrected chi connectivity index (χ3v) is 8.23. The van der Waals surface area contributed by atoms with E-state index in [1.807, 2.05) is 6.07 Å². The second-order valence-corrected chi connectivity index (χ2v) is 11.1. The molecule has 1 saturated carbocycles. The highest BCUT2D eigenvalue weighted by atomic mass is 35.5. The molecule has 1 atom stereocenters. The molecule has 0 saturated heterocycles. The zero-order valence-corrected chi connectivity index (χ0v) is 22.6. The number of halogens is 3. The van der Waals surface area contributed by atoms with E-state index in [0.29, 0.717) is 27.3 Å². The number of nitrogens with one attached hydrogen (secondary N) is 1. The lowest BCUT2D eigenvalue weighted by Crippen LogP contribution is -2.39. The Morgan fingerprint density at radius 2 is 1.78 bits per heavy atom. The van der Waals surface area contributed by atoms with E-state index < -0.39 is 0 Å². The van der Waals surface area contributed by atoms with Gasteiger partial charge in [-0.1, -0.05) is 54.6 Å².